The van der Waals surface area contributed by atoms with Gasteiger partial charge in [-0.05, 0) is 25.3 Å². The lowest BCUT2D eigenvalue weighted by Gasteiger charge is -2.04. The molecule has 0 aliphatic heterocycles. The molecular formula is C13H14N4O4S. The molecule has 0 spiro atoms. The first-order valence-electron chi connectivity index (χ1n) is 6.73. The van der Waals surface area contributed by atoms with Crippen molar-refractivity contribution in [3.8, 4) is 10.8 Å². The summed E-state index contributed by atoms with van der Waals surface area (Å²) >= 11 is 1.44. The zero-order valence-corrected chi connectivity index (χ0v) is 12.9. The Labute approximate surface area is 129 Å². The van der Waals surface area contributed by atoms with Gasteiger partial charge in [-0.3, -0.25) is 0 Å². The van der Waals surface area contributed by atoms with Gasteiger partial charge in [0.2, 0.25) is 5.89 Å². The summed E-state index contributed by atoms with van der Waals surface area (Å²) in [6.07, 6.45) is -0.266. The summed E-state index contributed by atoms with van der Waals surface area (Å²) < 4.78 is 16.8. The van der Waals surface area contributed by atoms with Crippen molar-refractivity contribution in [2.24, 2.45) is 0 Å². The molecule has 0 saturated carbocycles. The summed E-state index contributed by atoms with van der Waals surface area (Å²) in [5, 5.41) is 9.84. The van der Waals surface area contributed by atoms with Crippen molar-refractivity contribution < 1.29 is 13.7 Å². The third-order valence-electron chi connectivity index (χ3n) is 2.89. The topological polar surface area (TPSA) is 96.2 Å². The van der Waals surface area contributed by atoms with Gasteiger partial charge in [0.05, 0.1) is 4.88 Å². The highest BCUT2D eigenvalue weighted by Crippen LogP contribution is 2.21. The molecule has 0 aromatic carbocycles. The van der Waals surface area contributed by atoms with Crippen molar-refractivity contribution in [2.45, 2.75) is 26.5 Å². The lowest BCUT2D eigenvalue weighted by Crippen LogP contribution is -2.16. The monoisotopic (exact) mass is 322 g/mol. The van der Waals surface area contributed by atoms with E-state index in [2.05, 4.69) is 15.2 Å². The number of nitrogens with zero attached hydrogens (tertiary/aromatic N) is 4. The fourth-order valence-electron chi connectivity index (χ4n) is 1.86. The zero-order chi connectivity index (χ0) is 15.5. The van der Waals surface area contributed by atoms with Gasteiger partial charge < -0.3 is 13.7 Å². The van der Waals surface area contributed by atoms with Gasteiger partial charge >= 0.3 is 5.76 Å². The molecule has 0 fully saturated rings. The van der Waals surface area contributed by atoms with Gasteiger partial charge in [0.25, 0.3) is 5.89 Å². The molecule has 0 aliphatic carbocycles. The van der Waals surface area contributed by atoms with E-state index >= 15 is 0 Å². The Balaban J connectivity index is 1.78. The lowest BCUT2D eigenvalue weighted by molar-refractivity contribution is 0.0683. The maximum atomic E-state index is 11.8. The Bertz CT molecular complexity index is 789. The second-order valence-corrected chi connectivity index (χ2v) is 5.40. The van der Waals surface area contributed by atoms with Gasteiger partial charge in [0, 0.05) is 6.61 Å². The van der Waals surface area contributed by atoms with E-state index in [4.69, 9.17) is 13.7 Å². The molecule has 1 atom stereocenters. The normalized spacial score (nSPS) is 12.6. The minimum atomic E-state index is -0.569. The van der Waals surface area contributed by atoms with Crippen LogP contribution in [0, 0.1) is 0 Å². The Morgan fingerprint density at radius 1 is 1.50 bits per heavy atom. The molecule has 0 saturated heterocycles. The number of thiophene rings is 1. The third-order valence-corrected chi connectivity index (χ3v) is 3.75. The van der Waals surface area contributed by atoms with Gasteiger partial charge in [0.15, 0.2) is 5.82 Å². The minimum Gasteiger partial charge on any atom is -0.387 e. The maximum Gasteiger partial charge on any atom is 0.437 e. The molecule has 3 aromatic heterocycles. The van der Waals surface area contributed by atoms with Gasteiger partial charge in [-0.2, -0.15) is 9.67 Å². The Morgan fingerprint density at radius 3 is 3.09 bits per heavy atom. The smallest absolute Gasteiger partial charge is 0.387 e. The Kier molecular flexibility index (Phi) is 4.16. The van der Waals surface area contributed by atoms with E-state index in [9.17, 15) is 4.79 Å². The first kappa shape index (κ1) is 14.7. The molecule has 0 aliphatic rings. The summed E-state index contributed by atoms with van der Waals surface area (Å²) in [7, 11) is 0. The highest BCUT2D eigenvalue weighted by atomic mass is 32.1. The number of rotatable bonds is 6. The predicted octanol–water partition coefficient (Wildman–Crippen LogP) is 2.09. The van der Waals surface area contributed by atoms with Crippen LogP contribution < -0.4 is 5.76 Å². The molecule has 3 aromatic rings. The third kappa shape index (κ3) is 3.00. The second kappa shape index (κ2) is 6.24. The molecule has 22 heavy (non-hydrogen) atoms. The standard InChI is InChI=1S/C13H14N4O4S/c1-3-19-8(2)11-14-10(21-16-11)7-17-13(18)20-12(15-17)9-5-4-6-22-9/h4-6,8H,3,7H2,1-2H3. The summed E-state index contributed by atoms with van der Waals surface area (Å²) in [6, 6.07) is 3.69. The van der Waals surface area contributed by atoms with Crippen LogP contribution in [0.4, 0.5) is 0 Å². The zero-order valence-electron chi connectivity index (χ0n) is 12.1. The van der Waals surface area contributed by atoms with Crippen molar-refractivity contribution in [1.29, 1.82) is 0 Å². The van der Waals surface area contributed by atoms with Crippen LogP contribution in [0.15, 0.2) is 31.2 Å². The van der Waals surface area contributed by atoms with E-state index in [1.165, 1.54) is 11.3 Å². The number of hydrogen-bond donors (Lipinski definition) is 0. The molecule has 9 heteroatoms. The van der Waals surface area contributed by atoms with E-state index in [0.29, 0.717) is 12.4 Å². The molecule has 3 rings (SSSR count). The molecule has 116 valence electrons. The average Bonchev–Trinajstić information content (AvgIpc) is 3.21. The van der Waals surface area contributed by atoms with Crippen LogP contribution in [0.3, 0.4) is 0 Å². The molecule has 0 amide bonds. The van der Waals surface area contributed by atoms with Gasteiger partial charge in [-0.25, -0.2) is 4.79 Å². The summed E-state index contributed by atoms with van der Waals surface area (Å²) in [6.45, 7) is 4.32. The van der Waals surface area contributed by atoms with Gasteiger partial charge in [0.1, 0.15) is 12.6 Å². The van der Waals surface area contributed by atoms with Crippen molar-refractivity contribution >= 4 is 11.3 Å². The van der Waals surface area contributed by atoms with Crippen LogP contribution in [0.2, 0.25) is 0 Å². The van der Waals surface area contributed by atoms with Crippen LogP contribution in [0.5, 0.6) is 0 Å². The summed E-state index contributed by atoms with van der Waals surface area (Å²) in [5.41, 5.74) is 0. The van der Waals surface area contributed by atoms with Crippen molar-refractivity contribution in [3.63, 3.8) is 0 Å². The van der Waals surface area contributed by atoms with E-state index in [-0.39, 0.29) is 24.4 Å². The molecule has 3 heterocycles. The summed E-state index contributed by atoms with van der Waals surface area (Å²) in [4.78, 5) is 16.8. The molecule has 0 radical (unpaired) electrons. The Morgan fingerprint density at radius 2 is 2.36 bits per heavy atom. The summed E-state index contributed by atoms with van der Waals surface area (Å²) in [5.74, 6) is 0.421. The number of aromatic nitrogens is 4. The highest BCUT2D eigenvalue weighted by Gasteiger charge is 2.17. The largest absolute Gasteiger partial charge is 0.437 e. The minimum absolute atomic E-state index is 0.0551. The van der Waals surface area contributed by atoms with Gasteiger partial charge in [-0.15, -0.1) is 16.4 Å². The van der Waals surface area contributed by atoms with Crippen LogP contribution in [-0.4, -0.2) is 26.5 Å². The second-order valence-electron chi connectivity index (χ2n) is 4.45. The first-order valence-corrected chi connectivity index (χ1v) is 7.61. The van der Waals surface area contributed by atoms with E-state index in [1.807, 2.05) is 31.4 Å². The van der Waals surface area contributed by atoms with E-state index in [1.54, 1.807) is 0 Å². The molecule has 0 N–H and O–H groups in total. The molecule has 1 unspecified atom stereocenters. The van der Waals surface area contributed by atoms with Crippen LogP contribution in [0.25, 0.3) is 10.8 Å². The lowest BCUT2D eigenvalue weighted by atomic mass is 10.4. The molecule has 0 bridgehead atoms. The molecular weight excluding hydrogens is 308 g/mol. The predicted molar refractivity (Wildman–Crippen MR) is 77.5 cm³/mol. The highest BCUT2D eigenvalue weighted by molar-refractivity contribution is 7.13. The fourth-order valence-corrected chi connectivity index (χ4v) is 2.50. The van der Waals surface area contributed by atoms with E-state index < -0.39 is 5.76 Å². The van der Waals surface area contributed by atoms with Crippen molar-refractivity contribution in [3.05, 3.63) is 39.8 Å². The quantitative estimate of drug-likeness (QED) is 0.685. The SMILES string of the molecule is CCOC(C)c1noc(Cn2nc(-c3cccs3)oc2=O)n1. The number of ether oxygens (including phenoxy) is 1. The van der Waals surface area contributed by atoms with Crippen LogP contribution in [-0.2, 0) is 11.3 Å². The van der Waals surface area contributed by atoms with E-state index in [0.717, 1.165) is 9.56 Å². The first-order chi connectivity index (χ1) is 10.7. The fraction of sp³-hybridized carbons (Fsp3) is 0.385. The Hall–Kier alpha value is -2.26. The van der Waals surface area contributed by atoms with Crippen molar-refractivity contribution in [1.82, 2.24) is 19.9 Å². The van der Waals surface area contributed by atoms with Crippen molar-refractivity contribution in [2.75, 3.05) is 6.61 Å². The van der Waals surface area contributed by atoms with Crippen LogP contribution >= 0.6 is 11.3 Å². The molecule has 8 nitrogen and oxygen atoms in total. The van der Waals surface area contributed by atoms with Gasteiger partial charge in [-0.1, -0.05) is 11.2 Å². The maximum absolute atomic E-state index is 11.8. The van der Waals surface area contributed by atoms with Crippen LogP contribution in [0.1, 0.15) is 31.7 Å². The average molecular weight is 322 g/mol. The number of hydrogen-bond acceptors (Lipinski definition) is 8.